The third kappa shape index (κ3) is 1.51. The largest absolute Gasteiger partial charge is 0.481 e. The third-order valence-electron chi connectivity index (χ3n) is 2.85. The fourth-order valence-corrected chi connectivity index (χ4v) is 2.77. The number of hydrogen-bond donors (Lipinski definition) is 1. The standard InChI is InChI=1S/C11H8Cl2O3/c12-7-2-1-3-8(13)9(7)11(10(15)16)4-6(14)5-11/h1-3H,4-5H2,(H,15,16). The Morgan fingerprint density at radius 2 is 1.75 bits per heavy atom. The van der Waals surface area contributed by atoms with Crippen LogP contribution in [0.3, 0.4) is 0 Å². The van der Waals surface area contributed by atoms with Crippen molar-refractivity contribution in [2.45, 2.75) is 18.3 Å². The number of aliphatic carboxylic acids is 1. The van der Waals surface area contributed by atoms with E-state index in [0.29, 0.717) is 15.6 Å². The molecule has 1 aliphatic rings. The first-order valence-corrected chi connectivity index (χ1v) is 5.42. The molecule has 16 heavy (non-hydrogen) atoms. The normalized spacial score (nSPS) is 18.0. The monoisotopic (exact) mass is 258 g/mol. The summed E-state index contributed by atoms with van der Waals surface area (Å²) in [6, 6.07) is 4.80. The fraction of sp³-hybridized carbons (Fsp3) is 0.273. The smallest absolute Gasteiger partial charge is 0.315 e. The highest BCUT2D eigenvalue weighted by Crippen LogP contribution is 2.47. The Hall–Kier alpha value is -1.06. The number of benzene rings is 1. The molecule has 0 bridgehead atoms. The molecule has 1 aromatic carbocycles. The highest BCUT2D eigenvalue weighted by molar-refractivity contribution is 6.37. The molecule has 5 heteroatoms. The lowest BCUT2D eigenvalue weighted by Gasteiger charge is -2.37. The second-order valence-electron chi connectivity index (χ2n) is 3.88. The Kier molecular flexibility index (Phi) is 2.68. The molecule has 2 rings (SSSR count). The van der Waals surface area contributed by atoms with Gasteiger partial charge in [-0.15, -0.1) is 0 Å². The van der Waals surface area contributed by atoms with Crippen molar-refractivity contribution in [3.63, 3.8) is 0 Å². The molecule has 1 aromatic rings. The van der Waals surface area contributed by atoms with E-state index in [4.69, 9.17) is 23.2 Å². The molecular weight excluding hydrogens is 251 g/mol. The number of halogens is 2. The van der Waals surface area contributed by atoms with Crippen LogP contribution < -0.4 is 0 Å². The van der Waals surface area contributed by atoms with Crippen molar-refractivity contribution in [1.29, 1.82) is 0 Å². The van der Waals surface area contributed by atoms with Crippen LogP contribution in [0.4, 0.5) is 0 Å². The van der Waals surface area contributed by atoms with Crippen LogP contribution in [0.15, 0.2) is 18.2 Å². The predicted molar refractivity (Wildman–Crippen MR) is 60.0 cm³/mol. The van der Waals surface area contributed by atoms with Crippen molar-refractivity contribution < 1.29 is 14.7 Å². The number of hydrogen-bond acceptors (Lipinski definition) is 2. The summed E-state index contributed by atoms with van der Waals surface area (Å²) >= 11 is 11.9. The van der Waals surface area contributed by atoms with E-state index in [1.165, 1.54) is 0 Å². The Morgan fingerprint density at radius 3 is 2.12 bits per heavy atom. The van der Waals surface area contributed by atoms with Crippen LogP contribution in [-0.4, -0.2) is 16.9 Å². The predicted octanol–water partition coefficient (Wildman–Crippen LogP) is 2.68. The van der Waals surface area contributed by atoms with Crippen LogP contribution in [0.5, 0.6) is 0 Å². The van der Waals surface area contributed by atoms with Gasteiger partial charge in [0.1, 0.15) is 11.2 Å². The molecule has 0 unspecified atom stereocenters. The van der Waals surface area contributed by atoms with Crippen LogP contribution >= 0.6 is 23.2 Å². The van der Waals surface area contributed by atoms with E-state index < -0.39 is 11.4 Å². The highest BCUT2D eigenvalue weighted by Gasteiger charge is 2.53. The van der Waals surface area contributed by atoms with E-state index in [0.717, 1.165) is 0 Å². The quantitative estimate of drug-likeness (QED) is 0.888. The molecule has 0 atom stereocenters. The van der Waals surface area contributed by atoms with E-state index in [1.54, 1.807) is 18.2 Å². The lowest BCUT2D eigenvalue weighted by Crippen LogP contribution is -2.48. The molecule has 0 aliphatic heterocycles. The summed E-state index contributed by atoms with van der Waals surface area (Å²) in [4.78, 5) is 22.4. The maximum atomic E-state index is 11.3. The molecule has 0 spiro atoms. The number of carboxylic acid groups (broad SMARTS) is 1. The Balaban J connectivity index is 2.57. The molecule has 0 amide bonds. The topological polar surface area (TPSA) is 54.4 Å². The summed E-state index contributed by atoms with van der Waals surface area (Å²) < 4.78 is 0. The van der Waals surface area contributed by atoms with Gasteiger partial charge in [-0.3, -0.25) is 9.59 Å². The molecule has 0 saturated heterocycles. The first-order chi connectivity index (χ1) is 7.47. The minimum absolute atomic E-state index is 0.0359. The summed E-state index contributed by atoms with van der Waals surface area (Å²) in [6.45, 7) is 0. The average molecular weight is 259 g/mol. The van der Waals surface area contributed by atoms with Gasteiger partial charge in [-0.1, -0.05) is 29.3 Å². The van der Waals surface area contributed by atoms with Gasteiger partial charge in [-0.05, 0) is 12.1 Å². The number of rotatable bonds is 2. The molecule has 0 radical (unpaired) electrons. The molecule has 1 fully saturated rings. The van der Waals surface area contributed by atoms with Crippen molar-refractivity contribution in [3.05, 3.63) is 33.8 Å². The molecule has 3 nitrogen and oxygen atoms in total. The first-order valence-electron chi connectivity index (χ1n) is 4.67. The van der Waals surface area contributed by atoms with Gasteiger partial charge in [-0.25, -0.2) is 0 Å². The number of ketones is 1. The van der Waals surface area contributed by atoms with E-state index in [9.17, 15) is 14.7 Å². The van der Waals surface area contributed by atoms with E-state index >= 15 is 0 Å². The lowest BCUT2D eigenvalue weighted by molar-refractivity contribution is -0.153. The maximum absolute atomic E-state index is 11.3. The lowest BCUT2D eigenvalue weighted by atomic mass is 9.63. The zero-order valence-corrected chi connectivity index (χ0v) is 9.68. The van der Waals surface area contributed by atoms with E-state index in [1.807, 2.05) is 0 Å². The Bertz CT molecular complexity index is 454. The van der Waals surface area contributed by atoms with Gasteiger partial charge in [0, 0.05) is 28.5 Å². The maximum Gasteiger partial charge on any atom is 0.315 e. The number of carbonyl (C=O) groups excluding carboxylic acids is 1. The van der Waals surface area contributed by atoms with Gasteiger partial charge in [0.2, 0.25) is 0 Å². The van der Waals surface area contributed by atoms with Gasteiger partial charge in [-0.2, -0.15) is 0 Å². The minimum Gasteiger partial charge on any atom is -0.481 e. The number of Topliss-reactive ketones (excluding diaryl/α,β-unsaturated/α-hetero) is 1. The van der Waals surface area contributed by atoms with Crippen LogP contribution in [-0.2, 0) is 15.0 Å². The van der Waals surface area contributed by atoms with E-state index in [-0.39, 0.29) is 18.6 Å². The molecule has 84 valence electrons. The summed E-state index contributed by atoms with van der Waals surface area (Å²) in [6.07, 6.45) is -0.0719. The van der Waals surface area contributed by atoms with Gasteiger partial charge < -0.3 is 5.11 Å². The Labute approximate surface area is 102 Å². The molecule has 1 N–H and O–H groups in total. The first kappa shape index (κ1) is 11.4. The van der Waals surface area contributed by atoms with Crippen LogP contribution in [0.1, 0.15) is 18.4 Å². The number of carboxylic acids is 1. The zero-order chi connectivity index (χ0) is 11.9. The van der Waals surface area contributed by atoms with Gasteiger partial charge in [0.05, 0.1) is 0 Å². The molecule has 0 heterocycles. The second kappa shape index (κ2) is 3.75. The number of carbonyl (C=O) groups is 2. The molecular formula is C11H8Cl2O3. The fourth-order valence-electron chi connectivity index (χ4n) is 2.01. The summed E-state index contributed by atoms with van der Waals surface area (Å²) in [5, 5.41) is 9.82. The van der Waals surface area contributed by atoms with Crippen molar-refractivity contribution in [1.82, 2.24) is 0 Å². The van der Waals surface area contributed by atoms with E-state index in [2.05, 4.69) is 0 Å². The van der Waals surface area contributed by atoms with Crippen LogP contribution in [0.25, 0.3) is 0 Å². The van der Waals surface area contributed by atoms with Crippen LogP contribution in [0.2, 0.25) is 10.0 Å². The SMILES string of the molecule is O=C1CC(C(=O)O)(c2c(Cl)cccc2Cl)C1. The molecule has 1 saturated carbocycles. The highest BCUT2D eigenvalue weighted by atomic mass is 35.5. The van der Waals surface area contributed by atoms with Gasteiger partial charge in [0.25, 0.3) is 0 Å². The summed E-state index contributed by atoms with van der Waals surface area (Å²) in [7, 11) is 0. The molecule has 0 aromatic heterocycles. The summed E-state index contributed by atoms with van der Waals surface area (Å²) in [5.74, 6) is -1.14. The van der Waals surface area contributed by atoms with Crippen LogP contribution in [0, 0.1) is 0 Å². The summed E-state index contributed by atoms with van der Waals surface area (Å²) in [5.41, 5.74) is -0.877. The third-order valence-corrected chi connectivity index (χ3v) is 3.48. The van der Waals surface area contributed by atoms with Crippen molar-refractivity contribution >= 4 is 35.0 Å². The van der Waals surface area contributed by atoms with Crippen molar-refractivity contribution in [2.24, 2.45) is 0 Å². The Morgan fingerprint density at radius 1 is 1.25 bits per heavy atom. The van der Waals surface area contributed by atoms with Crippen molar-refractivity contribution in [2.75, 3.05) is 0 Å². The molecule has 1 aliphatic carbocycles. The second-order valence-corrected chi connectivity index (χ2v) is 4.69. The van der Waals surface area contributed by atoms with Crippen molar-refractivity contribution in [3.8, 4) is 0 Å². The zero-order valence-electron chi connectivity index (χ0n) is 8.17. The minimum atomic E-state index is -1.23. The van der Waals surface area contributed by atoms with Gasteiger partial charge >= 0.3 is 5.97 Å². The van der Waals surface area contributed by atoms with Gasteiger partial charge in [0.15, 0.2) is 0 Å². The average Bonchev–Trinajstić information content (AvgIpc) is 2.13.